The number of nitrogens with one attached hydrogen (secondary N) is 2. The lowest BCUT2D eigenvalue weighted by Gasteiger charge is -2.23. The lowest BCUT2D eigenvalue weighted by molar-refractivity contribution is 0.0655. The van der Waals surface area contributed by atoms with Gasteiger partial charge in [0, 0.05) is 17.0 Å². The minimum atomic E-state index is -0.960. The molecule has 1 unspecified atom stereocenters. The Labute approximate surface area is 163 Å². The quantitative estimate of drug-likeness (QED) is 0.430. The normalized spacial score (nSPS) is 14.0. The zero-order valence-electron chi connectivity index (χ0n) is 15.5. The summed E-state index contributed by atoms with van der Waals surface area (Å²) >= 11 is 1.53. The van der Waals surface area contributed by atoms with Crippen LogP contribution in [-0.4, -0.2) is 29.1 Å². The second kappa shape index (κ2) is 8.83. The molecule has 1 atom stereocenters. The first-order valence-electron chi connectivity index (χ1n) is 8.87. The third kappa shape index (κ3) is 5.18. The van der Waals surface area contributed by atoms with Crippen molar-refractivity contribution in [2.24, 2.45) is 4.99 Å². The number of thiophene rings is 1. The maximum Gasteiger partial charge on any atom is 0.226 e. The smallest absolute Gasteiger partial charge is 0.226 e. The Hall–Kier alpha value is -2.64. The molecule has 0 spiro atoms. The first-order chi connectivity index (χ1) is 13.1. The van der Waals surface area contributed by atoms with Crippen LogP contribution in [0.3, 0.4) is 0 Å². The molecule has 0 aliphatic rings. The van der Waals surface area contributed by atoms with Gasteiger partial charge in [-0.15, -0.1) is 11.3 Å². The molecule has 0 radical (unpaired) electrons. The minimum absolute atomic E-state index is 0.355. The Balaban J connectivity index is 1.63. The van der Waals surface area contributed by atoms with Crippen LogP contribution in [0.4, 0.5) is 0 Å². The van der Waals surface area contributed by atoms with Crippen molar-refractivity contribution in [2.45, 2.75) is 26.0 Å². The van der Waals surface area contributed by atoms with E-state index in [-0.39, 0.29) is 0 Å². The lowest BCUT2D eigenvalue weighted by atomic mass is 10.1. The van der Waals surface area contributed by atoms with Crippen LogP contribution in [0.15, 0.2) is 63.5 Å². The van der Waals surface area contributed by atoms with E-state index in [0.29, 0.717) is 24.9 Å². The van der Waals surface area contributed by atoms with Crippen molar-refractivity contribution in [1.29, 1.82) is 0 Å². The van der Waals surface area contributed by atoms with Crippen molar-refractivity contribution in [1.82, 2.24) is 15.6 Å². The number of rotatable bonds is 7. The van der Waals surface area contributed by atoms with Crippen LogP contribution in [0, 0.1) is 0 Å². The standard InChI is InChI=1S/C20H24N4O2S/c1-3-21-19(23-14-20(2,25)17-10-7-11-27-17)22-12-16-13-26-18(24-16)15-8-5-4-6-9-15/h4-11,13,25H,3,12,14H2,1-2H3,(H2,21,22,23). The molecule has 0 aliphatic heterocycles. The van der Waals surface area contributed by atoms with Gasteiger partial charge < -0.3 is 20.2 Å². The highest BCUT2D eigenvalue weighted by Crippen LogP contribution is 2.24. The number of hydrogen-bond acceptors (Lipinski definition) is 5. The monoisotopic (exact) mass is 384 g/mol. The van der Waals surface area contributed by atoms with Crippen molar-refractivity contribution in [3.8, 4) is 11.5 Å². The highest BCUT2D eigenvalue weighted by Gasteiger charge is 2.24. The van der Waals surface area contributed by atoms with Gasteiger partial charge in [-0.2, -0.15) is 0 Å². The van der Waals surface area contributed by atoms with E-state index >= 15 is 0 Å². The molecule has 3 rings (SSSR count). The predicted octanol–water partition coefficient (Wildman–Crippen LogP) is 3.37. The van der Waals surface area contributed by atoms with E-state index in [2.05, 4.69) is 20.6 Å². The second-order valence-electron chi connectivity index (χ2n) is 6.31. The molecule has 142 valence electrons. The van der Waals surface area contributed by atoms with Gasteiger partial charge in [-0.05, 0) is 37.4 Å². The van der Waals surface area contributed by atoms with Gasteiger partial charge in [0.05, 0.1) is 13.1 Å². The SMILES string of the molecule is CCNC(=NCc1coc(-c2ccccc2)n1)NCC(C)(O)c1cccs1. The van der Waals surface area contributed by atoms with Crippen molar-refractivity contribution >= 4 is 17.3 Å². The third-order valence-corrected chi connectivity index (χ3v) is 5.09. The Kier molecular flexibility index (Phi) is 6.26. The average Bonchev–Trinajstić information content (AvgIpc) is 3.37. The molecule has 6 nitrogen and oxygen atoms in total. The molecule has 3 N–H and O–H groups in total. The van der Waals surface area contributed by atoms with Crippen molar-refractivity contribution in [3.05, 3.63) is 64.7 Å². The molecule has 1 aromatic carbocycles. The van der Waals surface area contributed by atoms with Crippen molar-refractivity contribution in [3.63, 3.8) is 0 Å². The van der Waals surface area contributed by atoms with Crippen LogP contribution in [0.5, 0.6) is 0 Å². The molecule has 0 aliphatic carbocycles. The maximum absolute atomic E-state index is 10.6. The summed E-state index contributed by atoms with van der Waals surface area (Å²) in [5.41, 5.74) is 0.722. The summed E-state index contributed by atoms with van der Waals surface area (Å²) in [6.07, 6.45) is 1.62. The van der Waals surface area contributed by atoms with Gasteiger partial charge >= 0.3 is 0 Å². The van der Waals surface area contributed by atoms with E-state index in [1.54, 1.807) is 13.2 Å². The highest BCUT2D eigenvalue weighted by molar-refractivity contribution is 7.10. The molecular formula is C20H24N4O2S. The summed E-state index contributed by atoms with van der Waals surface area (Å²) in [6.45, 7) is 5.25. The van der Waals surface area contributed by atoms with Gasteiger partial charge in [-0.3, -0.25) is 0 Å². The largest absolute Gasteiger partial charge is 0.444 e. The van der Waals surface area contributed by atoms with Gasteiger partial charge in [0.1, 0.15) is 17.6 Å². The molecular weight excluding hydrogens is 360 g/mol. The second-order valence-corrected chi connectivity index (χ2v) is 7.26. The van der Waals surface area contributed by atoms with Crippen LogP contribution in [0.25, 0.3) is 11.5 Å². The molecule has 3 aromatic rings. The third-order valence-electron chi connectivity index (χ3n) is 3.97. The van der Waals surface area contributed by atoms with E-state index < -0.39 is 5.60 Å². The number of benzene rings is 1. The first kappa shape index (κ1) is 19.1. The van der Waals surface area contributed by atoms with E-state index in [4.69, 9.17) is 4.42 Å². The van der Waals surface area contributed by atoms with Gasteiger partial charge in [-0.25, -0.2) is 9.98 Å². The van der Waals surface area contributed by atoms with Gasteiger partial charge in [-0.1, -0.05) is 24.3 Å². The van der Waals surface area contributed by atoms with E-state index in [0.717, 1.165) is 22.7 Å². The zero-order chi connectivity index (χ0) is 19.1. The molecule has 0 saturated heterocycles. The van der Waals surface area contributed by atoms with Crippen LogP contribution >= 0.6 is 11.3 Å². The van der Waals surface area contributed by atoms with Gasteiger partial charge in [0.2, 0.25) is 5.89 Å². The van der Waals surface area contributed by atoms with Gasteiger partial charge in [0.15, 0.2) is 5.96 Å². The summed E-state index contributed by atoms with van der Waals surface area (Å²) in [4.78, 5) is 9.94. The van der Waals surface area contributed by atoms with Crippen LogP contribution in [0.2, 0.25) is 0 Å². The topological polar surface area (TPSA) is 82.7 Å². The van der Waals surface area contributed by atoms with Crippen LogP contribution in [-0.2, 0) is 12.1 Å². The fourth-order valence-electron chi connectivity index (χ4n) is 2.52. The summed E-state index contributed by atoms with van der Waals surface area (Å²) in [5, 5.41) is 19.0. The molecule has 2 aromatic heterocycles. The summed E-state index contributed by atoms with van der Waals surface area (Å²) < 4.78 is 5.55. The number of guanidine groups is 1. The number of aliphatic imine (C=N–C) groups is 1. The van der Waals surface area contributed by atoms with Crippen LogP contribution < -0.4 is 10.6 Å². The number of aliphatic hydroxyl groups is 1. The fraction of sp³-hybridized carbons (Fsp3) is 0.300. The number of nitrogens with zero attached hydrogens (tertiary/aromatic N) is 2. The average molecular weight is 385 g/mol. The molecule has 0 saturated carbocycles. The molecule has 0 fully saturated rings. The van der Waals surface area contributed by atoms with E-state index in [9.17, 15) is 5.11 Å². The Morgan fingerprint density at radius 3 is 2.74 bits per heavy atom. The highest BCUT2D eigenvalue weighted by atomic mass is 32.1. The summed E-state index contributed by atoms with van der Waals surface area (Å²) in [6, 6.07) is 13.6. The Morgan fingerprint density at radius 2 is 2.04 bits per heavy atom. The molecule has 7 heteroatoms. The molecule has 0 bridgehead atoms. The summed E-state index contributed by atoms with van der Waals surface area (Å²) in [5.74, 6) is 1.21. The van der Waals surface area contributed by atoms with Crippen molar-refractivity contribution < 1.29 is 9.52 Å². The van der Waals surface area contributed by atoms with E-state index in [1.807, 2.05) is 54.8 Å². The first-order valence-corrected chi connectivity index (χ1v) is 9.75. The van der Waals surface area contributed by atoms with Crippen LogP contribution in [0.1, 0.15) is 24.4 Å². The summed E-state index contributed by atoms with van der Waals surface area (Å²) in [7, 11) is 0. The minimum Gasteiger partial charge on any atom is -0.444 e. The lowest BCUT2D eigenvalue weighted by Crippen LogP contribution is -2.44. The molecule has 2 heterocycles. The van der Waals surface area contributed by atoms with Gasteiger partial charge in [0.25, 0.3) is 0 Å². The number of hydrogen-bond donors (Lipinski definition) is 3. The Bertz CT molecular complexity index is 857. The molecule has 27 heavy (non-hydrogen) atoms. The number of oxazole rings is 1. The predicted molar refractivity (Wildman–Crippen MR) is 109 cm³/mol. The fourth-order valence-corrected chi connectivity index (χ4v) is 3.31. The number of aromatic nitrogens is 1. The van der Waals surface area contributed by atoms with Crippen molar-refractivity contribution in [2.75, 3.05) is 13.1 Å². The molecule has 0 amide bonds. The van der Waals surface area contributed by atoms with E-state index in [1.165, 1.54) is 11.3 Å². The maximum atomic E-state index is 10.6. The Morgan fingerprint density at radius 1 is 1.22 bits per heavy atom. The zero-order valence-corrected chi connectivity index (χ0v) is 16.3.